The lowest BCUT2D eigenvalue weighted by molar-refractivity contribution is -0.384. The van der Waals surface area contributed by atoms with Gasteiger partial charge in [-0.15, -0.1) is 0 Å². The van der Waals surface area contributed by atoms with E-state index >= 15 is 0 Å². The van der Waals surface area contributed by atoms with Crippen LogP contribution in [0.25, 0.3) is 0 Å². The molecule has 3 saturated heterocycles. The molecule has 0 unspecified atom stereocenters. The van der Waals surface area contributed by atoms with Gasteiger partial charge in [-0.25, -0.2) is 4.79 Å². The van der Waals surface area contributed by atoms with E-state index in [0.717, 1.165) is 37.2 Å². The Morgan fingerprint density at radius 2 is 1.68 bits per heavy atom. The molecule has 0 aliphatic carbocycles. The van der Waals surface area contributed by atoms with E-state index in [0.29, 0.717) is 65.4 Å². The highest BCUT2D eigenvalue weighted by Gasteiger charge is 2.44. The first-order valence-corrected chi connectivity index (χ1v) is 13.6. The highest BCUT2D eigenvalue weighted by Crippen LogP contribution is 2.38. The number of nitro benzene ring substituents is 1. The number of ether oxygens (including phenoxy) is 1. The number of hydrogen-bond donors (Lipinski definition) is 0. The summed E-state index contributed by atoms with van der Waals surface area (Å²) < 4.78 is 5.10. The zero-order chi connectivity index (χ0) is 26.8. The Kier molecular flexibility index (Phi) is 7.68. The summed E-state index contributed by atoms with van der Waals surface area (Å²) in [7, 11) is 0. The average Bonchev–Trinajstić information content (AvgIpc) is 3.47. The van der Waals surface area contributed by atoms with Gasteiger partial charge in [-0.1, -0.05) is 0 Å². The van der Waals surface area contributed by atoms with E-state index in [9.17, 15) is 24.5 Å². The van der Waals surface area contributed by atoms with Crippen molar-refractivity contribution in [1.82, 2.24) is 19.6 Å². The molecule has 2 atom stereocenters. The number of anilines is 1. The number of rotatable bonds is 5. The van der Waals surface area contributed by atoms with Crippen LogP contribution in [0.15, 0.2) is 18.2 Å². The van der Waals surface area contributed by atoms with Gasteiger partial charge in [-0.3, -0.25) is 24.6 Å². The van der Waals surface area contributed by atoms with Gasteiger partial charge in [0.1, 0.15) is 0 Å². The van der Waals surface area contributed by atoms with Gasteiger partial charge in [0.25, 0.3) is 5.69 Å². The van der Waals surface area contributed by atoms with Crippen molar-refractivity contribution in [2.24, 2.45) is 5.92 Å². The van der Waals surface area contributed by atoms with Crippen LogP contribution < -0.4 is 4.90 Å². The minimum Gasteiger partial charge on any atom is -0.450 e. The average molecular weight is 529 g/mol. The van der Waals surface area contributed by atoms with Crippen LogP contribution in [0.1, 0.15) is 25.3 Å². The van der Waals surface area contributed by atoms with Gasteiger partial charge in [0.15, 0.2) is 0 Å². The van der Waals surface area contributed by atoms with Crippen molar-refractivity contribution in [1.29, 1.82) is 0 Å². The largest absolute Gasteiger partial charge is 0.450 e. The highest BCUT2D eigenvalue weighted by molar-refractivity contribution is 5.83. The number of likely N-dealkylation sites (tertiary alicyclic amines) is 1. The maximum absolute atomic E-state index is 13.9. The lowest BCUT2D eigenvalue weighted by Crippen LogP contribution is -2.63. The normalized spacial score (nSPS) is 23.6. The number of nitrogens with zero attached hydrogens (tertiary/aromatic N) is 6. The predicted molar refractivity (Wildman–Crippen MR) is 139 cm³/mol. The molecule has 4 aliphatic heterocycles. The van der Waals surface area contributed by atoms with E-state index in [1.165, 1.54) is 6.07 Å². The SMILES string of the molecule is CCOC(=O)N1CCN(C(=O)[C@@H]2Cc3cc([N+](=O)[O-])ccc3N3CCN(CC(=O)N4CCCC4)C[C@@H]23)CC1. The first kappa shape index (κ1) is 26.2. The number of carbonyl (C=O) groups excluding carboxylic acids is 3. The molecule has 5 rings (SSSR count). The topological polar surface area (TPSA) is 120 Å². The van der Waals surface area contributed by atoms with Crippen LogP contribution in [0.4, 0.5) is 16.2 Å². The van der Waals surface area contributed by atoms with E-state index in [-0.39, 0.29) is 29.6 Å². The fourth-order valence-corrected chi connectivity index (χ4v) is 6.23. The number of fused-ring (bicyclic) bond motifs is 3. The Balaban J connectivity index is 1.34. The van der Waals surface area contributed by atoms with Crippen LogP contribution in [-0.2, 0) is 20.7 Å². The molecule has 206 valence electrons. The fraction of sp³-hybridized carbons (Fsp3) is 0.654. The molecule has 4 heterocycles. The second kappa shape index (κ2) is 11.1. The van der Waals surface area contributed by atoms with Gasteiger partial charge in [0.2, 0.25) is 11.8 Å². The predicted octanol–water partition coefficient (Wildman–Crippen LogP) is 1.18. The number of nitro groups is 1. The van der Waals surface area contributed by atoms with E-state index in [2.05, 4.69) is 9.80 Å². The quantitative estimate of drug-likeness (QED) is 0.413. The molecule has 4 aliphatic rings. The van der Waals surface area contributed by atoms with Crippen molar-refractivity contribution in [3.63, 3.8) is 0 Å². The van der Waals surface area contributed by atoms with Gasteiger partial charge < -0.3 is 24.3 Å². The van der Waals surface area contributed by atoms with Gasteiger partial charge in [0, 0.05) is 76.7 Å². The van der Waals surface area contributed by atoms with Crippen molar-refractivity contribution >= 4 is 29.3 Å². The summed E-state index contributed by atoms with van der Waals surface area (Å²) in [5.74, 6) is -0.266. The summed E-state index contributed by atoms with van der Waals surface area (Å²) in [6.07, 6.45) is 2.13. The maximum Gasteiger partial charge on any atom is 0.409 e. The Morgan fingerprint density at radius 3 is 2.37 bits per heavy atom. The van der Waals surface area contributed by atoms with Crippen LogP contribution in [0.2, 0.25) is 0 Å². The maximum atomic E-state index is 13.9. The molecular formula is C26H36N6O6. The van der Waals surface area contributed by atoms with Crippen molar-refractivity contribution in [2.45, 2.75) is 32.2 Å². The van der Waals surface area contributed by atoms with E-state index in [1.807, 2.05) is 4.90 Å². The molecule has 12 nitrogen and oxygen atoms in total. The molecule has 3 fully saturated rings. The van der Waals surface area contributed by atoms with Gasteiger partial charge in [-0.05, 0) is 37.8 Å². The summed E-state index contributed by atoms with van der Waals surface area (Å²) in [5.41, 5.74) is 1.76. The summed E-state index contributed by atoms with van der Waals surface area (Å²) in [6, 6.07) is 4.77. The third-order valence-corrected chi connectivity index (χ3v) is 8.24. The lowest BCUT2D eigenvalue weighted by atomic mass is 9.82. The standard InChI is InChI=1S/C26H36N6O6/c1-2-38-26(35)30-12-10-29(11-13-30)25(34)21-16-19-15-20(32(36)37)5-6-22(19)31-14-9-27(17-23(21)31)18-24(33)28-7-3-4-8-28/h5-6,15,21,23H,2-4,7-14,16-18H2,1H3/t21-,23+/m1/s1. The van der Waals surface area contributed by atoms with Gasteiger partial charge in [0.05, 0.1) is 30.0 Å². The van der Waals surface area contributed by atoms with Crippen molar-refractivity contribution < 1.29 is 24.0 Å². The molecule has 0 saturated carbocycles. The molecule has 0 radical (unpaired) electrons. The minimum absolute atomic E-state index is 0.00613. The molecule has 1 aromatic carbocycles. The van der Waals surface area contributed by atoms with Gasteiger partial charge in [-0.2, -0.15) is 0 Å². The van der Waals surface area contributed by atoms with Crippen LogP contribution in [0.5, 0.6) is 0 Å². The minimum atomic E-state index is -0.403. The molecule has 0 bridgehead atoms. The molecule has 12 heteroatoms. The third kappa shape index (κ3) is 5.27. The number of hydrogen-bond acceptors (Lipinski definition) is 8. The smallest absolute Gasteiger partial charge is 0.409 e. The van der Waals surface area contributed by atoms with E-state index in [1.54, 1.807) is 28.9 Å². The van der Waals surface area contributed by atoms with Crippen LogP contribution >= 0.6 is 0 Å². The highest BCUT2D eigenvalue weighted by atomic mass is 16.6. The van der Waals surface area contributed by atoms with Crippen molar-refractivity contribution in [2.75, 3.05) is 77.0 Å². The third-order valence-electron chi connectivity index (χ3n) is 8.24. The molecule has 0 N–H and O–H groups in total. The van der Waals surface area contributed by atoms with Crippen LogP contribution in [0.3, 0.4) is 0 Å². The molecule has 3 amide bonds. The molecular weight excluding hydrogens is 492 g/mol. The number of carbonyl (C=O) groups is 3. The monoisotopic (exact) mass is 528 g/mol. The molecule has 0 spiro atoms. The number of piperazine rings is 2. The Hall–Kier alpha value is -3.41. The second-order valence-corrected chi connectivity index (χ2v) is 10.5. The number of non-ortho nitro benzene ring substituents is 1. The summed E-state index contributed by atoms with van der Waals surface area (Å²) in [4.78, 5) is 59.6. The van der Waals surface area contributed by atoms with E-state index < -0.39 is 10.8 Å². The summed E-state index contributed by atoms with van der Waals surface area (Å²) in [6.45, 7) is 7.59. The number of benzene rings is 1. The zero-order valence-electron chi connectivity index (χ0n) is 21.9. The van der Waals surface area contributed by atoms with Gasteiger partial charge >= 0.3 is 6.09 Å². The molecule has 1 aromatic rings. The molecule has 0 aromatic heterocycles. The van der Waals surface area contributed by atoms with Crippen LogP contribution in [-0.4, -0.2) is 121 Å². The summed E-state index contributed by atoms with van der Waals surface area (Å²) in [5, 5.41) is 11.5. The first-order chi connectivity index (χ1) is 18.4. The fourth-order valence-electron chi connectivity index (χ4n) is 6.23. The lowest BCUT2D eigenvalue weighted by Gasteiger charge is -2.50. The van der Waals surface area contributed by atoms with E-state index in [4.69, 9.17) is 4.74 Å². The Bertz CT molecular complexity index is 1080. The Labute approximate surface area is 222 Å². The molecule has 38 heavy (non-hydrogen) atoms. The second-order valence-electron chi connectivity index (χ2n) is 10.5. The summed E-state index contributed by atoms with van der Waals surface area (Å²) >= 11 is 0. The first-order valence-electron chi connectivity index (χ1n) is 13.6. The Morgan fingerprint density at radius 1 is 0.974 bits per heavy atom. The van der Waals surface area contributed by atoms with Crippen molar-refractivity contribution in [3.05, 3.63) is 33.9 Å². The van der Waals surface area contributed by atoms with Crippen molar-refractivity contribution in [3.8, 4) is 0 Å². The number of amides is 3. The zero-order valence-corrected chi connectivity index (χ0v) is 21.9. The van der Waals surface area contributed by atoms with Crippen LogP contribution in [0, 0.1) is 16.0 Å².